The summed E-state index contributed by atoms with van der Waals surface area (Å²) in [5.41, 5.74) is 1.08. The van der Waals surface area contributed by atoms with E-state index in [1.165, 1.54) is 24.4 Å². The number of nitro groups is 1. The van der Waals surface area contributed by atoms with E-state index < -0.39 is 16.4 Å². The minimum atomic E-state index is -0.672. The van der Waals surface area contributed by atoms with Crippen LogP contribution in [0.1, 0.15) is 15.9 Å². The van der Waals surface area contributed by atoms with Crippen LogP contribution in [0.5, 0.6) is 17.2 Å². The van der Waals surface area contributed by atoms with E-state index in [1.807, 2.05) is 0 Å². The molecule has 1 aliphatic rings. The van der Waals surface area contributed by atoms with Crippen molar-refractivity contribution in [3.8, 4) is 17.2 Å². The Morgan fingerprint density at radius 3 is 2.71 bits per heavy atom. The van der Waals surface area contributed by atoms with Crippen molar-refractivity contribution in [3.05, 3.63) is 81.9 Å². The number of fused-ring (bicyclic) bond motifs is 2. The third-order valence-electron chi connectivity index (χ3n) is 4.16. The third-order valence-corrected chi connectivity index (χ3v) is 4.16. The summed E-state index contributed by atoms with van der Waals surface area (Å²) in [7, 11) is 0. The molecule has 0 atom stereocenters. The fraction of sp³-hybridized carbons (Fsp3) is 0. The van der Waals surface area contributed by atoms with Crippen LogP contribution in [0.2, 0.25) is 0 Å². The molecule has 1 aliphatic heterocycles. The number of aliphatic imine (C=N–C) groups is 1. The lowest BCUT2D eigenvalue weighted by atomic mass is 10.1. The minimum Gasteiger partial charge on any atom is -0.502 e. The van der Waals surface area contributed by atoms with E-state index in [4.69, 9.17) is 4.74 Å². The zero-order valence-corrected chi connectivity index (χ0v) is 14.3. The molecule has 3 aromatic carbocycles. The minimum absolute atomic E-state index is 0.192. The van der Waals surface area contributed by atoms with Gasteiger partial charge >= 0.3 is 5.69 Å². The lowest BCUT2D eigenvalue weighted by Crippen LogP contribution is -2.10. The molecule has 8 nitrogen and oxygen atoms in total. The highest BCUT2D eigenvalue weighted by molar-refractivity contribution is 6.08. The lowest BCUT2D eigenvalue weighted by Gasteiger charge is -2.07. The Labute approximate surface area is 158 Å². The average Bonchev–Trinajstić information content (AvgIpc) is 2.82. The number of carbonyl (C=O) groups excluding carboxylic acids is 1. The molecule has 28 heavy (non-hydrogen) atoms. The fourth-order valence-electron chi connectivity index (χ4n) is 2.78. The number of nitrogens with one attached hydrogen (secondary N) is 1. The highest BCUT2D eigenvalue weighted by Crippen LogP contribution is 2.37. The molecular formula is C20H13N3O5. The van der Waals surface area contributed by atoms with E-state index in [0.29, 0.717) is 28.4 Å². The maximum Gasteiger partial charge on any atom is 0.311 e. The molecule has 0 saturated carbocycles. The first-order valence-corrected chi connectivity index (χ1v) is 8.25. The van der Waals surface area contributed by atoms with Gasteiger partial charge in [-0.2, -0.15) is 0 Å². The second kappa shape index (κ2) is 6.84. The Bertz CT molecular complexity index is 1140. The SMILES string of the molecule is O=C1Nc2ccccc2Oc2ccc(N=Cc3cccc([N+](=O)[O-])c3O)cc21. The van der Waals surface area contributed by atoms with E-state index in [2.05, 4.69) is 10.3 Å². The molecule has 2 N–H and O–H groups in total. The first-order valence-electron chi connectivity index (χ1n) is 8.25. The van der Waals surface area contributed by atoms with Crippen molar-refractivity contribution in [2.75, 3.05) is 5.32 Å². The van der Waals surface area contributed by atoms with Gasteiger partial charge in [0, 0.05) is 17.8 Å². The smallest absolute Gasteiger partial charge is 0.311 e. The maximum atomic E-state index is 12.5. The van der Waals surface area contributed by atoms with Crippen LogP contribution in [0.3, 0.4) is 0 Å². The molecule has 3 aromatic rings. The van der Waals surface area contributed by atoms with Gasteiger partial charge in [-0.1, -0.05) is 18.2 Å². The number of rotatable bonds is 3. The van der Waals surface area contributed by atoms with E-state index in [9.17, 15) is 20.0 Å². The quantitative estimate of drug-likeness (QED) is 0.400. The van der Waals surface area contributed by atoms with Crippen molar-refractivity contribution in [1.29, 1.82) is 0 Å². The predicted octanol–water partition coefficient (Wildman–Crippen LogP) is 4.41. The number of anilines is 1. The number of nitrogens with zero attached hydrogens (tertiary/aromatic N) is 2. The second-order valence-corrected chi connectivity index (χ2v) is 5.96. The molecule has 0 aliphatic carbocycles. The van der Waals surface area contributed by atoms with Crippen LogP contribution in [0.15, 0.2) is 65.7 Å². The van der Waals surface area contributed by atoms with Crippen molar-refractivity contribution < 1.29 is 19.6 Å². The number of phenols is 1. The molecule has 0 radical (unpaired) electrons. The van der Waals surface area contributed by atoms with Crippen LogP contribution in [0.4, 0.5) is 17.1 Å². The molecule has 0 bridgehead atoms. The molecule has 1 amide bonds. The summed E-state index contributed by atoms with van der Waals surface area (Å²) >= 11 is 0. The summed E-state index contributed by atoms with van der Waals surface area (Å²) in [6, 6.07) is 16.1. The van der Waals surface area contributed by atoms with Gasteiger partial charge < -0.3 is 15.2 Å². The van der Waals surface area contributed by atoms with E-state index in [0.717, 1.165) is 0 Å². The maximum absolute atomic E-state index is 12.5. The largest absolute Gasteiger partial charge is 0.502 e. The number of phenolic OH excluding ortho intramolecular Hbond substituents is 1. The van der Waals surface area contributed by atoms with Crippen molar-refractivity contribution in [1.82, 2.24) is 0 Å². The number of aromatic hydroxyl groups is 1. The summed E-state index contributed by atoms with van der Waals surface area (Å²) < 4.78 is 5.80. The zero-order valence-electron chi connectivity index (χ0n) is 14.3. The summed E-state index contributed by atoms with van der Waals surface area (Å²) in [4.78, 5) is 27.0. The van der Waals surface area contributed by atoms with Crippen LogP contribution < -0.4 is 10.1 Å². The van der Waals surface area contributed by atoms with E-state index in [1.54, 1.807) is 42.5 Å². The van der Waals surface area contributed by atoms with Gasteiger partial charge in [-0.15, -0.1) is 0 Å². The topological polar surface area (TPSA) is 114 Å². The van der Waals surface area contributed by atoms with E-state index in [-0.39, 0.29) is 11.5 Å². The van der Waals surface area contributed by atoms with Gasteiger partial charge in [0.15, 0.2) is 5.75 Å². The number of benzene rings is 3. The molecular weight excluding hydrogens is 362 g/mol. The number of ether oxygens (including phenoxy) is 1. The molecule has 1 heterocycles. The molecule has 0 spiro atoms. The number of carbonyl (C=O) groups is 1. The van der Waals surface area contributed by atoms with Crippen LogP contribution >= 0.6 is 0 Å². The van der Waals surface area contributed by atoms with Crippen LogP contribution in [0.25, 0.3) is 0 Å². The molecule has 0 fully saturated rings. The normalized spacial score (nSPS) is 12.5. The van der Waals surface area contributed by atoms with Gasteiger partial charge in [-0.3, -0.25) is 19.9 Å². The van der Waals surface area contributed by atoms with Gasteiger partial charge in [-0.25, -0.2) is 0 Å². The van der Waals surface area contributed by atoms with Gasteiger partial charge in [0.25, 0.3) is 5.91 Å². The lowest BCUT2D eigenvalue weighted by molar-refractivity contribution is -0.385. The first-order chi connectivity index (χ1) is 13.5. The summed E-state index contributed by atoms with van der Waals surface area (Å²) in [5.74, 6) is 0.115. The van der Waals surface area contributed by atoms with Crippen molar-refractivity contribution in [2.24, 2.45) is 4.99 Å². The fourth-order valence-corrected chi connectivity index (χ4v) is 2.78. The van der Waals surface area contributed by atoms with Crippen LogP contribution in [-0.4, -0.2) is 22.2 Å². The van der Waals surface area contributed by atoms with Crippen LogP contribution in [-0.2, 0) is 0 Å². The van der Waals surface area contributed by atoms with Gasteiger partial charge in [0.1, 0.15) is 5.75 Å². The average molecular weight is 375 g/mol. The number of hydrogen-bond donors (Lipinski definition) is 2. The molecule has 4 rings (SSSR count). The number of para-hydroxylation sites is 3. The Balaban J connectivity index is 1.67. The predicted molar refractivity (Wildman–Crippen MR) is 103 cm³/mol. The zero-order chi connectivity index (χ0) is 19.7. The number of nitro benzene ring substituents is 1. The Morgan fingerprint density at radius 2 is 1.89 bits per heavy atom. The molecule has 0 unspecified atom stereocenters. The second-order valence-electron chi connectivity index (χ2n) is 5.96. The standard InChI is InChI=1S/C20H13N3O5/c24-19-12(4-3-6-16(19)23(26)27)11-21-13-8-9-17-14(10-13)20(25)22-15-5-1-2-7-18(15)28-17/h1-11,24H,(H,22,25). The molecule has 0 aromatic heterocycles. The summed E-state index contributed by atoms with van der Waals surface area (Å²) in [6.07, 6.45) is 1.30. The Hall–Kier alpha value is -4.20. The molecule has 138 valence electrons. The highest BCUT2D eigenvalue weighted by Gasteiger charge is 2.21. The van der Waals surface area contributed by atoms with E-state index >= 15 is 0 Å². The highest BCUT2D eigenvalue weighted by atomic mass is 16.6. The summed E-state index contributed by atoms with van der Waals surface area (Å²) in [5, 5.41) is 23.7. The Morgan fingerprint density at radius 1 is 1.07 bits per heavy atom. The Kier molecular flexibility index (Phi) is 4.21. The van der Waals surface area contributed by atoms with Crippen molar-refractivity contribution >= 4 is 29.2 Å². The van der Waals surface area contributed by atoms with Crippen molar-refractivity contribution in [3.63, 3.8) is 0 Å². The van der Waals surface area contributed by atoms with Gasteiger partial charge in [0.2, 0.25) is 5.75 Å². The molecule has 0 saturated heterocycles. The third kappa shape index (κ3) is 3.14. The first kappa shape index (κ1) is 17.2. The van der Waals surface area contributed by atoms with Crippen LogP contribution in [0, 0.1) is 10.1 Å². The monoisotopic (exact) mass is 375 g/mol. The molecule has 8 heteroatoms. The summed E-state index contributed by atoms with van der Waals surface area (Å²) in [6.45, 7) is 0. The number of amides is 1. The van der Waals surface area contributed by atoms with Gasteiger partial charge in [-0.05, 0) is 36.4 Å². The van der Waals surface area contributed by atoms with Gasteiger partial charge in [0.05, 0.1) is 21.9 Å². The number of hydrogen-bond acceptors (Lipinski definition) is 6. The van der Waals surface area contributed by atoms with Crippen molar-refractivity contribution in [2.45, 2.75) is 0 Å².